The number of carboxylic acids is 1. The Kier molecular flexibility index (Phi) is 3.84. The Hall–Kier alpha value is -1.29. The van der Waals surface area contributed by atoms with Gasteiger partial charge in [0.1, 0.15) is 16.5 Å². The topological polar surface area (TPSA) is 53.4 Å². The Labute approximate surface area is 105 Å². The summed E-state index contributed by atoms with van der Waals surface area (Å²) in [5.41, 5.74) is 0.233. The van der Waals surface area contributed by atoms with Crippen molar-refractivity contribution in [3.05, 3.63) is 22.8 Å². The molecule has 1 fully saturated rings. The number of rotatable bonds is 2. The number of hydrogen-bond acceptors (Lipinski definition) is 3. The quantitative estimate of drug-likeness (QED) is 0.825. The second-order valence-electron chi connectivity index (χ2n) is 4.21. The normalized spacial score (nSPS) is 16.6. The molecule has 4 nitrogen and oxygen atoms in total. The van der Waals surface area contributed by atoms with Gasteiger partial charge in [-0.1, -0.05) is 24.4 Å². The zero-order valence-corrected chi connectivity index (χ0v) is 10.3. The number of carbonyl (C=O) groups is 1. The van der Waals surface area contributed by atoms with Crippen LogP contribution in [0.5, 0.6) is 0 Å². The Morgan fingerprint density at radius 1 is 1.24 bits per heavy atom. The highest BCUT2D eigenvalue weighted by atomic mass is 35.5. The van der Waals surface area contributed by atoms with E-state index in [4.69, 9.17) is 16.7 Å². The third kappa shape index (κ3) is 2.88. The molecule has 0 saturated carbocycles. The molecule has 0 aliphatic carbocycles. The lowest BCUT2D eigenvalue weighted by Crippen LogP contribution is -2.27. The fourth-order valence-corrected chi connectivity index (χ4v) is 2.26. The molecule has 1 aromatic rings. The van der Waals surface area contributed by atoms with Crippen LogP contribution in [0, 0.1) is 0 Å². The fourth-order valence-electron chi connectivity index (χ4n) is 2.12. The maximum absolute atomic E-state index is 11.2. The van der Waals surface area contributed by atoms with Crippen molar-refractivity contribution in [2.24, 2.45) is 0 Å². The molecule has 0 bridgehead atoms. The van der Waals surface area contributed by atoms with Crippen molar-refractivity contribution in [3.8, 4) is 0 Å². The monoisotopic (exact) mass is 254 g/mol. The Balaban J connectivity index is 2.34. The summed E-state index contributed by atoms with van der Waals surface area (Å²) in [6.07, 6.45) is 4.54. The van der Waals surface area contributed by atoms with Gasteiger partial charge in [0.15, 0.2) is 0 Å². The number of aromatic nitrogens is 1. The lowest BCUT2D eigenvalue weighted by molar-refractivity contribution is 0.0697. The minimum atomic E-state index is -0.951. The largest absolute Gasteiger partial charge is 0.478 e. The lowest BCUT2D eigenvalue weighted by Gasteiger charge is -2.23. The van der Waals surface area contributed by atoms with Crippen molar-refractivity contribution in [1.29, 1.82) is 0 Å². The molecule has 0 amide bonds. The van der Waals surface area contributed by atoms with Crippen LogP contribution in [0.2, 0.25) is 5.15 Å². The molecule has 1 aliphatic heterocycles. The SMILES string of the molecule is O=C(O)c1ccc(Cl)nc1N1CCCCCC1. The molecule has 1 aliphatic rings. The van der Waals surface area contributed by atoms with Crippen LogP contribution in [0.4, 0.5) is 5.82 Å². The van der Waals surface area contributed by atoms with Gasteiger partial charge in [-0.3, -0.25) is 0 Å². The number of carboxylic acid groups (broad SMARTS) is 1. The van der Waals surface area contributed by atoms with Gasteiger partial charge in [-0.2, -0.15) is 0 Å². The van der Waals surface area contributed by atoms with E-state index in [0.717, 1.165) is 25.9 Å². The minimum Gasteiger partial charge on any atom is -0.478 e. The van der Waals surface area contributed by atoms with Crippen molar-refractivity contribution < 1.29 is 9.90 Å². The van der Waals surface area contributed by atoms with Crippen LogP contribution in [-0.2, 0) is 0 Å². The number of pyridine rings is 1. The van der Waals surface area contributed by atoms with Crippen LogP contribution in [-0.4, -0.2) is 29.1 Å². The fraction of sp³-hybridized carbons (Fsp3) is 0.500. The molecule has 92 valence electrons. The zero-order valence-electron chi connectivity index (χ0n) is 9.53. The first-order chi connectivity index (χ1) is 8.18. The summed E-state index contributed by atoms with van der Waals surface area (Å²) in [7, 11) is 0. The molecule has 0 atom stereocenters. The summed E-state index contributed by atoms with van der Waals surface area (Å²) in [5.74, 6) is -0.444. The highest BCUT2D eigenvalue weighted by molar-refractivity contribution is 6.29. The maximum atomic E-state index is 11.2. The van der Waals surface area contributed by atoms with Crippen molar-refractivity contribution >= 4 is 23.4 Å². The van der Waals surface area contributed by atoms with Crippen LogP contribution in [0.3, 0.4) is 0 Å². The van der Waals surface area contributed by atoms with Crippen LogP contribution < -0.4 is 4.90 Å². The third-order valence-corrected chi connectivity index (χ3v) is 3.19. The predicted octanol–water partition coefficient (Wildman–Crippen LogP) is 2.81. The average Bonchev–Trinajstić information content (AvgIpc) is 2.56. The first kappa shape index (κ1) is 12.2. The van der Waals surface area contributed by atoms with Crippen LogP contribution >= 0.6 is 11.6 Å². The molecule has 0 radical (unpaired) electrons. The summed E-state index contributed by atoms with van der Waals surface area (Å²) in [5, 5.41) is 9.49. The van der Waals surface area contributed by atoms with Crippen LogP contribution in [0.25, 0.3) is 0 Å². The number of anilines is 1. The first-order valence-electron chi connectivity index (χ1n) is 5.83. The summed E-state index contributed by atoms with van der Waals surface area (Å²) >= 11 is 5.85. The molecule has 2 rings (SSSR count). The molecule has 1 N–H and O–H groups in total. The molecule has 17 heavy (non-hydrogen) atoms. The van der Waals surface area contributed by atoms with Gasteiger partial charge in [-0.05, 0) is 25.0 Å². The molecule has 0 unspecified atom stereocenters. The van der Waals surface area contributed by atoms with Crippen molar-refractivity contribution in [2.45, 2.75) is 25.7 Å². The van der Waals surface area contributed by atoms with Crippen molar-refractivity contribution in [2.75, 3.05) is 18.0 Å². The summed E-state index contributed by atoms with van der Waals surface area (Å²) in [6.45, 7) is 1.71. The van der Waals surface area contributed by atoms with Crippen LogP contribution in [0.1, 0.15) is 36.0 Å². The summed E-state index contributed by atoms with van der Waals surface area (Å²) in [6, 6.07) is 3.05. The van der Waals surface area contributed by atoms with E-state index in [9.17, 15) is 4.79 Å². The number of hydrogen-bond donors (Lipinski definition) is 1. The van der Waals surface area contributed by atoms with Gasteiger partial charge in [-0.25, -0.2) is 9.78 Å². The van der Waals surface area contributed by atoms with E-state index in [0.29, 0.717) is 11.0 Å². The van der Waals surface area contributed by atoms with Gasteiger partial charge in [0.05, 0.1) is 0 Å². The van der Waals surface area contributed by atoms with Gasteiger partial charge in [-0.15, -0.1) is 0 Å². The van der Waals surface area contributed by atoms with Gasteiger partial charge >= 0.3 is 5.97 Å². The zero-order chi connectivity index (χ0) is 12.3. The molecule has 0 spiro atoms. The molecule has 0 aromatic carbocycles. The van der Waals surface area contributed by atoms with Crippen molar-refractivity contribution in [1.82, 2.24) is 4.98 Å². The Morgan fingerprint density at radius 2 is 1.88 bits per heavy atom. The first-order valence-corrected chi connectivity index (χ1v) is 6.21. The van der Waals surface area contributed by atoms with Gasteiger partial charge in [0, 0.05) is 13.1 Å². The molecule has 1 aromatic heterocycles. The van der Waals surface area contributed by atoms with Gasteiger partial charge in [0.2, 0.25) is 0 Å². The van der Waals surface area contributed by atoms with Crippen LogP contribution in [0.15, 0.2) is 12.1 Å². The summed E-state index contributed by atoms with van der Waals surface area (Å²) < 4.78 is 0. The highest BCUT2D eigenvalue weighted by Gasteiger charge is 2.19. The second-order valence-corrected chi connectivity index (χ2v) is 4.60. The van der Waals surface area contributed by atoms with E-state index in [2.05, 4.69) is 4.98 Å². The van der Waals surface area contributed by atoms with E-state index in [1.165, 1.54) is 25.0 Å². The highest BCUT2D eigenvalue weighted by Crippen LogP contribution is 2.23. The average molecular weight is 255 g/mol. The second kappa shape index (κ2) is 5.36. The predicted molar refractivity (Wildman–Crippen MR) is 66.9 cm³/mol. The smallest absolute Gasteiger partial charge is 0.339 e. The van der Waals surface area contributed by atoms with Gasteiger partial charge < -0.3 is 10.0 Å². The summed E-state index contributed by atoms with van der Waals surface area (Å²) in [4.78, 5) is 17.4. The third-order valence-electron chi connectivity index (χ3n) is 2.98. The van der Waals surface area contributed by atoms with Crippen molar-refractivity contribution in [3.63, 3.8) is 0 Å². The van der Waals surface area contributed by atoms with E-state index in [1.54, 1.807) is 0 Å². The lowest BCUT2D eigenvalue weighted by atomic mass is 10.2. The van der Waals surface area contributed by atoms with E-state index in [-0.39, 0.29) is 5.56 Å². The number of aromatic carboxylic acids is 1. The maximum Gasteiger partial charge on any atom is 0.339 e. The molecular formula is C12H15ClN2O2. The standard InChI is InChI=1S/C12H15ClN2O2/c13-10-6-5-9(12(16)17)11(14-10)15-7-3-1-2-4-8-15/h5-6H,1-4,7-8H2,(H,16,17). The molecule has 2 heterocycles. The molecule has 1 saturated heterocycles. The van der Waals surface area contributed by atoms with E-state index in [1.807, 2.05) is 4.90 Å². The number of nitrogens with zero attached hydrogens (tertiary/aromatic N) is 2. The minimum absolute atomic E-state index is 0.233. The van der Waals surface area contributed by atoms with E-state index >= 15 is 0 Å². The molecule has 5 heteroatoms. The number of halogens is 1. The Bertz CT molecular complexity index is 415. The van der Waals surface area contributed by atoms with Gasteiger partial charge in [0.25, 0.3) is 0 Å². The molecular weight excluding hydrogens is 240 g/mol. The van der Waals surface area contributed by atoms with E-state index < -0.39 is 5.97 Å². The Morgan fingerprint density at radius 3 is 2.47 bits per heavy atom.